The summed E-state index contributed by atoms with van der Waals surface area (Å²) in [7, 11) is 1.90. The third kappa shape index (κ3) is 2.63. The minimum atomic E-state index is -0.384. The molecule has 0 saturated carbocycles. The first kappa shape index (κ1) is 11.2. The fourth-order valence-electron chi connectivity index (χ4n) is 1.59. The lowest BCUT2D eigenvalue weighted by Gasteiger charge is -2.07. The molecular weight excluding hydrogens is 215 g/mol. The predicted molar refractivity (Wildman–Crippen MR) is 71.0 cm³/mol. The molecule has 0 fully saturated rings. The second-order valence-corrected chi connectivity index (χ2v) is 3.77. The van der Waals surface area contributed by atoms with Gasteiger partial charge in [-0.15, -0.1) is 0 Å². The summed E-state index contributed by atoms with van der Waals surface area (Å²) in [4.78, 5) is 10.5. The molecule has 0 heterocycles. The van der Waals surface area contributed by atoms with Crippen molar-refractivity contribution in [3.05, 3.63) is 58.6 Å². The van der Waals surface area contributed by atoms with E-state index in [0.29, 0.717) is 5.69 Å². The molecule has 5 heteroatoms. The van der Waals surface area contributed by atoms with E-state index in [-0.39, 0.29) is 10.6 Å². The van der Waals surface area contributed by atoms with Gasteiger partial charge in [-0.25, -0.2) is 0 Å². The molecule has 0 unspecified atom stereocenters. The van der Waals surface area contributed by atoms with Gasteiger partial charge in [-0.3, -0.25) is 10.1 Å². The van der Waals surface area contributed by atoms with Crippen LogP contribution in [-0.4, -0.2) is 12.8 Å². The van der Waals surface area contributed by atoms with Gasteiger partial charge in [0.15, 0.2) is 0 Å². The number of para-hydroxylation sites is 1. The minimum Gasteiger partial charge on any atom is -0.350 e. The number of hydrogen-bond donors (Lipinski definition) is 1. The molecule has 0 aromatic heterocycles. The van der Waals surface area contributed by atoms with E-state index in [1.54, 1.807) is 12.1 Å². The van der Waals surface area contributed by atoms with Crippen LogP contribution in [0.2, 0.25) is 0 Å². The van der Waals surface area contributed by atoms with E-state index in [4.69, 9.17) is 0 Å². The highest BCUT2D eigenvalue weighted by atomic mass is 16.6. The highest BCUT2D eigenvalue weighted by Gasteiger charge is 2.12. The number of nitro groups is 1. The van der Waals surface area contributed by atoms with E-state index in [2.05, 4.69) is 5.32 Å². The number of anilines is 2. The summed E-state index contributed by atoms with van der Waals surface area (Å²) in [5.74, 6) is 0. The highest BCUT2D eigenvalue weighted by molar-refractivity contribution is 6.32. The van der Waals surface area contributed by atoms with Crippen LogP contribution in [0.15, 0.2) is 48.5 Å². The Labute approximate surface area is 99.8 Å². The lowest BCUT2D eigenvalue weighted by atomic mass is 9.95. The Kier molecular flexibility index (Phi) is 3.09. The van der Waals surface area contributed by atoms with E-state index in [1.807, 2.05) is 38.2 Å². The Balaban J connectivity index is 2.37. The van der Waals surface area contributed by atoms with E-state index >= 15 is 0 Å². The van der Waals surface area contributed by atoms with Crippen LogP contribution < -0.4 is 10.8 Å². The van der Waals surface area contributed by atoms with Crippen molar-refractivity contribution >= 4 is 30.4 Å². The standard InChI is InChI=1S/C12H11BN2O2/c13-9-6-7-12(15(16)17)11(8-9)14-10-4-2-1-3-5-10/h1-8,14H,13H2. The molecule has 0 bridgehead atoms. The van der Waals surface area contributed by atoms with E-state index in [9.17, 15) is 10.1 Å². The molecule has 0 atom stereocenters. The smallest absolute Gasteiger partial charge is 0.292 e. The molecule has 0 radical (unpaired) electrons. The van der Waals surface area contributed by atoms with E-state index in [1.165, 1.54) is 6.07 Å². The van der Waals surface area contributed by atoms with Crippen LogP contribution in [0.1, 0.15) is 0 Å². The van der Waals surface area contributed by atoms with Gasteiger partial charge in [-0.1, -0.05) is 29.7 Å². The van der Waals surface area contributed by atoms with Crippen LogP contribution in [0.3, 0.4) is 0 Å². The lowest BCUT2D eigenvalue weighted by Crippen LogP contribution is -2.05. The van der Waals surface area contributed by atoms with Crippen molar-refractivity contribution in [2.45, 2.75) is 0 Å². The zero-order chi connectivity index (χ0) is 12.3. The minimum absolute atomic E-state index is 0.0828. The van der Waals surface area contributed by atoms with Crippen LogP contribution in [0.5, 0.6) is 0 Å². The molecule has 2 rings (SSSR count). The quantitative estimate of drug-likeness (QED) is 0.491. The predicted octanol–water partition coefficient (Wildman–Crippen LogP) is 1.60. The first-order valence-corrected chi connectivity index (χ1v) is 5.24. The van der Waals surface area contributed by atoms with Gasteiger partial charge in [0.25, 0.3) is 5.69 Å². The molecule has 2 aromatic carbocycles. The van der Waals surface area contributed by atoms with Crippen LogP contribution >= 0.6 is 0 Å². The Morgan fingerprint density at radius 2 is 1.82 bits per heavy atom. The maximum Gasteiger partial charge on any atom is 0.292 e. The molecule has 0 spiro atoms. The fourth-order valence-corrected chi connectivity index (χ4v) is 1.59. The maximum absolute atomic E-state index is 10.9. The fraction of sp³-hybridized carbons (Fsp3) is 0. The van der Waals surface area contributed by atoms with Crippen LogP contribution in [0.4, 0.5) is 17.1 Å². The van der Waals surface area contributed by atoms with Gasteiger partial charge in [-0.05, 0) is 18.2 Å². The van der Waals surface area contributed by atoms with Crippen molar-refractivity contribution in [3.8, 4) is 0 Å². The SMILES string of the molecule is Bc1ccc([N+](=O)[O-])c(Nc2ccccc2)c1. The Bertz CT molecular complexity index is 543. The summed E-state index contributed by atoms with van der Waals surface area (Å²) in [5.41, 5.74) is 2.41. The average Bonchev–Trinajstić information content (AvgIpc) is 2.30. The lowest BCUT2D eigenvalue weighted by molar-refractivity contribution is -0.383. The Morgan fingerprint density at radius 3 is 2.47 bits per heavy atom. The van der Waals surface area contributed by atoms with Crippen molar-refractivity contribution < 1.29 is 4.92 Å². The molecule has 0 aliphatic rings. The second kappa shape index (κ2) is 4.70. The van der Waals surface area contributed by atoms with Gasteiger partial charge in [0, 0.05) is 11.8 Å². The zero-order valence-electron chi connectivity index (χ0n) is 9.38. The molecule has 17 heavy (non-hydrogen) atoms. The molecule has 4 nitrogen and oxygen atoms in total. The molecule has 0 amide bonds. The summed E-state index contributed by atoms with van der Waals surface area (Å²) in [6, 6.07) is 14.4. The summed E-state index contributed by atoms with van der Waals surface area (Å²) in [6.07, 6.45) is 0. The van der Waals surface area contributed by atoms with Crippen molar-refractivity contribution in [3.63, 3.8) is 0 Å². The summed E-state index contributed by atoms with van der Waals surface area (Å²) in [6.45, 7) is 0. The first-order chi connectivity index (χ1) is 8.16. The van der Waals surface area contributed by atoms with Gasteiger partial charge in [0.1, 0.15) is 13.5 Å². The summed E-state index contributed by atoms with van der Waals surface area (Å²) < 4.78 is 0. The number of hydrogen-bond acceptors (Lipinski definition) is 3. The molecule has 84 valence electrons. The molecule has 2 aromatic rings. The third-order valence-corrected chi connectivity index (χ3v) is 2.40. The topological polar surface area (TPSA) is 55.2 Å². The molecule has 1 N–H and O–H groups in total. The number of nitro benzene ring substituents is 1. The number of benzene rings is 2. The van der Waals surface area contributed by atoms with Gasteiger partial charge in [0.05, 0.1) is 4.92 Å². The van der Waals surface area contributed by atoms with Gasteiger partial charge < -0.3 is 5.32 Å². The average molecular weight is 226 g/mol. The van der Waals surface area contributed by atoms with Crippen molar-refractivity contribution in [2.75, 3.05) is 5.32 Å². The maximum atomic E-state index is 10.9. The first-order valence-electron chi connectivity index (χ1n) is 5.24. The molecule has 0 aliphatic heterocycles. The highest BCUT2D eigenvalue weighted by Crippen LogP contribution is 2.25. The summed E-state index contributed by atoms with van der Waals surface area (Å²) in [5, 5.41) is 13.9. The van der Waals surface area contributed by atoms with Crippen molar-refractivity contribution in [2.24, 2.45) is 0 Å². The van der Waals surface area contributed by atoms with Crippen LogP contribution in [0.25, 0.3) is 0 Å². The Morgan fingerprint density at radius 1 is 1.12 bits per heavy atom. The summed E-state index contributed by atoms with van der Waals surface area (Å²) >= 11 is 0. The number of rotatable bonds is 3. The number of nitrogens with zero attached hydrogens (tertiary/aromatic N) is 1. The van der Waals surface area contributed by atoms with Crippen LogP contribution in [0, 0.1) is 10.1 Å². The normalized spacial score (nSPS) is 9.88. The largest absolute Gasteiger partial charge is 0.350 e. The second-order valence-electron chi connectivity index (χ2n) is 3.77. The molecule has 0 saturated heterocycles. The van der Waals surface area contributed by atoms with Gasteiger partial charge >= 0.3 is 0 Å². The van der Waals surface area contributed by atoms with Crippen molar-refractivity contribution in [1.29, 1.82) is 0 Å². The van der Waals surface area contributed by atoms with E-state index in [0.717, 1.165) is 11.2 Å². The van der Waals surface area contributed by atoms with Crippen molar-refractivity contribution in [1.82, 2.24) is 0 Å². The number of nitrogens with one attached hydrogen (secondary N) is 1. The van der Waals surface area contributed by atoms with E-state index < -0.39 is 0 Å². The van der Waals surface area contributed by atoms with Gasteiger partial charge in [0.2, 0.25) is 0 Å². The monoisotopic (exact) mass is 226 g/mol. The van der Waals surface area contributed by atoms with Gasteiger partial charge in [-0.2, -0.15) is 0 Å². The third-order valence-electron chi connectivity index (χ3n) is 2.40. The molecule has 0 aliphatic carbocycles. The zero-order valence-corrected chi connectivity index (χ0v) is 9.38. The Hall–Kier alpha value is -2.30. The van der Waals surface area contributed by atoms with Crippen LogP contribution in [-0.2, 0) is 0 Å². The molecular formula is C12H11BN2O2.